The van der Waals surface area contributed by atoms with Crippen LogP contribution < -0.4 is 4.57 Å². The Balaban J connectivity index is 1.85. The van der Waals surface area contributed by atoms with Gasteiger partial charge in [0.1, 0.15) is 17.1 Å². The van der Waals surface area contributed by atoms with Crippen LogP contribution >= 0.6 is 11.3 Å². The smallest absolute Gasteiger partial charge is 0.169 e. The van der Waals surface area contributed by atoms with E-state index in [0.29, 0.717) is 0 Å². The molecule has 95 valence electrons. The van der Waals surface area contributed by atoms with E-state index in [1.54, 1.807) is 11.3 Å². The first-order valence-corrected chi connectivity index (χ1v) is 6.79. The third-order valence-corrected chi connectivity index (χ3v) is 3.90. The summed E-state index contributed by atoms with van der Waals surface area (Å²) < 4.78 is 2.00. The summed E-state index contributed by atoms with van der Waals surface area (Å²) in [4.78, 5) is 2.00. The van der Waals surface area contributed by atoms with E-state index in [4.69, 9.17) is 0 Å². The summed E-state index contributed by atoms with van der Waals surface area (Å²) in [7, 11) is 4.00. The first-order chi connectivity index (χ1) is 9.22. The zero-order valence-electron chi connectivity index (χ0n) is 10.8. The van der Waals surface area contributed by atoms with Crippen molar-refractivity contribution < 1.29 is 4.57 Å². The molecule has 3 rings (SSSR count). The summed E-state index contributed by atoms with van der Waals surface area (Å²) in [5.41, 5.74) is 1.10. The third kappa shape index (κ3) is 2.56. The predicted molar refractivity (Wildman–Crippen MR) is 74.9 cm³/mol. The lowest BCUT2D eigenvalue weighted by atomic mass is 10.1. The van der Waals surface area contributed by atoms with Crippen LogP contribution in [0.25, 0.3) is 10.6 Å². The lowest BCUT2D eigenvalue weighted by molar-refractivity contribution is -0.671. The molecule has 1 aliphatic rings. The highest BCUT2D eigenvalue weighted by molar-refractivity contribution is 7.15. The fourth-order valence-electron chi connectivity index (χ4n) is 1.74. The van der Waals surface area contributed by atoms with Gasteiger partial charge in [-0.25, -0.2) is 4.57 Å². The molecule has 0 aromatic carbocycles. The summed E-state index contributed by atoms with van der Waals surface area (Å²) >= 11 is 1.61. The van der Waals surface area contributed by atoms with E-state index in [0.717, 1.165) is 21.5 Å². The molecule has 0 atom stereocenters. The number of hydrogen-bond donors (Lipinski definition) is 0. The molecule has 1 aliphatic heterocycles. The summed E-state index contributed by atoms with van der Waals surface area (Å²) in [6.07, 6.45) is 12.2. The monoisotopic (exact) mass is 270 g/mol. The summed E-state index contributed by atoms with van der Waals surface area (Å²) in [5, 5.41) is 10.4. The van der Waals surface area contributed by atoms with E-state index in [1.807, 2.05) is 48.4 Å². The number of rotatable bonds is 2. The van der Waals surface area contributed by atoms with Gasteiger partial charge in [-0.15, -0.1) is 10.2 Å². The molecule has 0 unspecified atom stereocenters. The second kappa shape index (κ2) is 4.93. The molecule has 2 aromatic rings. The third-order valence-electron chi connectivity index (χ3n) is 2.88. The Labute approximate surface area is 116 Å². The Morgan fingerprint density at radius 3 is 2.37 bits per heavy atom. The maximum Gasteiger partial charge on any atom is 0.169 e. The molecule has 3 heterocycles. The molecule has 0 bridgehead atoms. The van der Waals surface area contributed by atoms with Gasteiger partial charge >= 0.3 is 0 Å². The zero-order valence-corrected chi connectivity index (χ0v) is 11.6. The van der Waals surface area contributed by atoms with E-state index >= 15 is 0 Å². The van der Waals surface area contributed by atoms with Gasteiger partial charge in [-0.2, -0.15) is 0 Å². The molecule has 0 amide bonds. The molecule has 1 radical (unpaired) electrons. The topological polar surface area (TPSA) is 32.9 Å². The van der Waals surface area contributed by atoms with Gasteiger partial charge in [-0.1, -0.05) is 11.3 Å². The van der Waals surface area contributed by atoms with Gasteiger partial charge < -0.3 is 4.90 Å². The van der Waals surface area contributed by atoms with Crippen molar-refractivity contribution in [3.05, 3.63) is 60.0 Å². The Morgan fingerprint density at radius 1 is 1.05 bits per heavy atom. The first kappa shape index (κ1) is 12.0. The highest BCUT2D eigenvalue weighted by Gasteiger charge is 2.15. The second-order valence-corrected chi connectivity index (χ2v) is 5.39. The number of aromatic nitrogens is 3. The van der Waals surface area contributed by atoms with Crippen molar-refractivity contribution in [1.29, 1.82) is 0 Å². The predicted octanol–water partition coefficient (Wildman–Crippen LogP) is 1.92. The van der Waals surface area contributed by atoms with Crippen molar-refractivity contribution in [2.45, 2.75) is 0 Å². The molecular weight excluding hydrogens is 256 g/mol. The Hall–Kier alpha value is -2.01. The molecule has 0 saturated carbocycles. The van der Waals surface area contributed by atoms with Crippen molar-refractivity contribution in [2.24, 2.45) is 7.05 Å². The minimum absolute atomic E-state index is 0.948. The number of nitrogens with zero attached hydrogens (tertiary/aromatic N) is 4. The molecule has 2 aromatic heterocycles. The minimum atomic E-state index is 0.948. The molecule has 0 aliphatic carbocycles. The van der Waals surface area contributed by atoms with Crippen LogP contribution in [0.4, 0.5) is 0 Å². The van der Waals surface area contributed by atoms with Crippen molar-refractivity contribution in [3.63, 3.8) is 0 Å². The largest absolute Gasteiger partial charge is 0.358 e. The number of aryl methyl sites for hydroxylation is 1. The van der Waals surface area contributed by atoms with Gasteiger partial charge in [0.2, 0.25) is 0 Å². The molecule has 4 nitrogen and oxygen atoms in total. The van der Waals surface area contributed by atoms with Crippen LogP contribution in [0, 0.1) is 5.92 Å². The SMILES string of the molecule is CN1C=C[C](c2nnc(-c3cc[n+](C)cc3)s2)C=C1. The molecule has 19 heavy (non-hydrogen) atoms. The lowest BCUT2D eigenvalue weighted by Gasteiger charge is -2.14. The lowest BCUT2D eigenvalue weighted by Crippen LogP contribution is -2.25. The Kier molecular flexibility index (Phi) is 3.13. The Morgan fingerprint density at radius 2 is 1.68 bits per heavy atom. The van der Waals surface area contributed by atoms with Crippen molar-refractivity contribution >= 4 is 11.3 Å². The highest BCUT2D eigenvalue weighted by Crippen LogP contribution is 2.29. The molecule has 0 fully saturated rings. The van der Waals surface area contributed by atoms with Gasteiger partial charge in [0.25, 0.3) is 0 Å². The van der Waals surface area contributed by atoms with Crippen molar-refractivity contribution in [1.82, 2.24) is 15.1 Å². The number of pyridine rings is 1. The van der Waals surface area contributed by atoms with Crippen LogP contribution in [-0.2, 0) is 7.05 Å². The van der Waals surface area contributed by atoms with Crippen LogP contribution in [0.15, 0.2) is 49.1 Å². The van der Waals surface area contributed by atoms with E-state index < -0.39 is 0 Å². The maximum absolute atomic E-state index is 4.27. The van der Waals surface area contributed by atoms with Gasteiger partial charge in [0, 0.05) is 37.1 Å². The van der Waals surface area contributed by atoms with Gasteiger partial charge in [0.15, 0.2) is 12.4 Å². The molecule has 0 spiro atoms. The Bertz CT molecular complexity index is 613. The number of hydrogen-bond acceptors (Lipinski definition) is 4. The normalized spacial score (nSPS) is 15.2. The van der Waals surface area contributed by atoms with Gasteiger partial charge in [-0.05, 0) is 12.2 Å². The van der Waals surface area contributed by atoms with Crippen LogP contribution in [0.1, 0.15) is 5.01 Å². The average Bonchev–Trinajstić information content (AvgIpc) is 2.90. The van der Waals surface area contributed by atoms with Crippen molar-refractivity contribution in [2.75, 3.05) is 7.05 Å². The zero-order chi connectivity index (χ0) is 13.2. The highest BCUT2D eigenvalue weighted by atomic mass is 32.1. The van der Waals surface area contributed by atoms with Crippen molar-refractivity contribution in [3.8, 4) is 10.6 Å². The van der Waals surface area contributed by atoms with Crippen LogP contribution in [0.3, 0.4) is 0 Å². The summed E-state index contributed by atoms with van der Waals surface area (Å²) in [6, 6.07) is 4.10. The maximum atomic E-state index is 4.27. The second-order valence-electron chi connectivity index (χ2n) is 4.42. The van der Waals surface area contributed by atoms with E-state index in [1.165, 1.54) is 0 Å². The quantitative estimate of drug-likeness (QED) is 0.782. The number of allylic oxidation sites excluding steroid dienone is 2. The van der Waals surface area contributed by atoms with E-state index in [9.17, 15) is 0 Å². The molecule has 0 saturated heterocycles. The molecule has 0 N–H and O–H groups in total. The molecular formula is C14H14N4S+. The molecule has 5 heteroatoms. The summed E-state index contributed by atoms with van der Waals surface area (Å²) in [5.74, 6) is 1.10. The minimum Gasteiger partial charge on any atom is -0.358 e. The average molecular weight is 270 g/mol. The van der Waals surface area contributed by atoms with Gasteiger partial charge in [-0.3, -0.25) is 0 Å². The van der Waals surface area contributed by atoms with Gasteiger partial charge in [0.05, 0.1) is 5.92 Å². The van der Waals surface area contributed by atoms with Crippen LogP contribution in [0.2, 0.25) is 0 Å². The fraction of sp³-hybridized carbons (Fsp3) is 0.143. The van der Waals surface area contributed by atoms with Crippen LogP contribution in [-0.4, -0.2) is 22.1 Å². The fourth-order valence-corrected chi connectivity index (χ4v) is 2.60. The van der Waals surface area contributed by atoms with E-state index in [2.05, 4.69) is 34.5 Å². The standard InChI is InChI=1S/C14H14N4S/c1-17-7-3-11(4-8-17)13-15-16-14(19-13)12-5-9-18(2)10-6-12/h3-10H,1-2H3/q+1. The first-order valence-electron chi connectivity index (χ1n) is 5.97. The van der Waals surface area contributed by atoms with Crippen LogP contribution in [0.5, 0.6) is 0 Å². The van der Waals surface area contributed by atoms with E-state index in [-0.39, 0.29) is 0 Å². The summed E-state index contributed by atoms with van der Waals surface area (Å²) in [6.45, 7) is 0.